The normalized spacial score (nSPS) is 11.7. The maximum absolute atomic E-state index is 13.8. The molecule has 0 fully saturated rings. The molecule has 8 aromatic carbocycles. The molecule has 0 aliphatic carbocycles. The number of aromatic hydroxyl groups is 2. The molecule has 0 saturated heterocycles. The van der Waals surface area contributed by atoms with E-state index in [4.69, 9.17) is 18.9 Å². The van der Waals surface area contributed by atoms with Crippen molar-refractivity contribution < 1.29 is 43.9 Å². The molecule has 0 aromatic heterocycles. The lowest BCUT2D eigenvalue weighted by atomic mass is 10.0. The number of halogens is 1. The second-order valence-corrected chi connectivity index (χ2v) is 18.2. The number of ether oxygens (including phenoxy) is 4. The molecular formula is C64H61BrN2O9. The number of carbonyl (C=O) groups excluding carboxylic acids is 1. The van der Waals surface area contributed by atoms with Gasteiger partial charge in [0.25, 0.3) is 5.91 Å². The zero-order valence-electron chi connectivity index (χ0n) is 42.5. The third kappa shape index (κ3) is 14.4. The predicted molar refractivity (Wildman–Crippen MR) is 303 cm³/mol. The van der Waals surface area contributed by atoms with Gasteiger partial charge in [-0.15, -0.1) is 17.0 Å². The fourth-order valence-corrected chi connectivity index (χ4v) is 8.57. The number of aromatic carboxylic acids is 1. The molecular weight excluding hydrogens is 1020 g/mol. The lowest BCUT2D eigenvalue weighted by molar-refractivity contribution is 0.0690. The Hall–Kier alpha value is -8.58. The minimum absolute atomic E-state index is 0. The molecule has 12 heteroatoms. The Kier molecular flexibility index (Phi) is 19.3. The van der Waals surface area contributed by atoms with E-state index in [1.807, 2.05) is 159 Å². The van der Waals surface area contributed by atoms with Crippen molar-refractivity contribution >= 4 is 40.0 Å². The van der Waals surface area contributed by atoms with Gasteiger partial charge in [0, 0.05) is 54.0 Å². The summed E-state index contributed by atoms with van der Waals surface area (Å²) in [6.07, 6.45) is 0. The average molecular weight is 1080 g/mol. The number of phenolic OH excluding ortho intramolecular Hbond substituents is 2. The number of nitrogens with zero attached hydrogens (tertiary/aromatic N) is 1. The summed E-state index contributed by atoms with van der Waals surface area (Å²) >= 11 is 0. The summed E-state index contributed by atoms with van der Waals surface area (Å²) in [5.41, 5.74) is 11.5. The maximum Gasteiger partial charge on any atom is 0.339 e. The number of carbonyl (C=O) groups is 2. The number of rotatable bonds is 16. The van der Waals surface area contributed by atoms with Crippen molar-refractivity contribution in [1.29, 1.82) is 0 Å². The van der Waals surface area contributed by atoms with Crippen molar-refractivity contribution in [3.05, 3.63) is 262 Å². The molecule has 4 N–H and O–H groups in total. The van der Waals surface area contributed by atoms with Crippen LogP contribution in [-0.2, 0) is 52.6 Å². The number of hydrogen-bond acceptors (Lipinski definition) is 9. The van der Waals surface area contributed by atoms with Crippen molar-refractivity contribution in [3.8, 4) is 34.5 Å². The molecule has 2 heterocycles. The molecule has 0 saturated carbocycles. The van der Waals surface area contributed by atoms with Gasteiger partial charge >= 0.3 is 5.97 Å². The number of phenols is 2. The first-order valence-corrected chi connectivity index (χ1v) is 24.6. The van der Waals surface area contributed by atoms with Crippen molar-refractivity contribution in [1.82, 2.24) is 10.2 Å². The quantitative estimate of drug-likeness (QED) is 0.0737. The van der Waals surface area contributed by atoms with E-state index in [1.165, 1.54) is 5.56 Å². The smallest absolute Gasteiger partial charge is 0.339 e. The molecule has 0 unspecified atom stereocenters. The highest BCUT2D eigenvalue weighted by Crippen LogP contribution is 2.38. The third-order valence-corrected chi connectivity index (χ3v) is 12.6. The number of carboxylic acids is 1. The van der Waals surface area contributed by atoms with E-state index < -0.39 is 5.97 Å². The molecule has 10 rings (SSSR count). The fourth-order valence-electron chi connectivity index (χ4n) is 8.57. The van der Waals surface area contributed by atoms with Crippen molar-refractivity contribution in [2.75, 3.05) is 0 Å². The summed E-state index contributed by atoms with van der Waals surface area (Å²) < 4.78 is 24.2. The number of carboxylic acid groups (broad SMARTS) is 1. The van der Waals surface area contributed by atoms with E-state index in [-0.39, 0.29) is 46.6 Å². The number of amides is 1. The Morgan fingerprint density at radius 2 is 0.855 bits per heavy atom. The highest BCUT2D eigenvalue weighted by atomic mass is 79.9. The van der Waals surface area contributed by atoms with Gasteiger partial charge in [0.1, 0.15) is 66.5 Å². The van der Waals surface area contributed by atoms with Crippen LogP contribution in [0.4, 0.5) is 0 Å². The zero-order valence-corrected chi connectivity index (χ0v) is 44.3. The van der Waals surface area contributed by atoms with Gasteiger partial charge in [-0.1, -0.05) is 159 Å². The predicted octanol–water partition coefficient (Wildman–Crippen LogP) is 13.9. The molecule has 76 heavy (non-hydrogen) atoms. The molecule has 0 atom stereocenters. The molecule has 2 aliphatic heterocycles. The van der Waals surface area contributed by atoms with Crippen LogP contribution in [0.25, 0.3) is 11.1 Å². The van der Waals surface area contributed by atoms with Crippen molar-refractivity contribution in [2.24, 2.45) is 0 Å². The first-order chi connectivity index (χ1) is 36.4. The summed E-state index contributed by atoms with van der Waals surface area (Å²) in [4.78, 5) is 27.3. The monoisotopic (exact) mass is 1080 g/mol. The maximum atomic E-state index is 13.8. The fraction of sp³-hybridized carbons (Fsp3) is 0.156. The van der Waals surface area contributed by atoms with Crippen LogP contribution < -0.4 is 24.3 Å². The summed E-state index contributed by atoms with van der Waals surface area (Å²) in [6.45, 7) is 15.6. The van der Waals surface area contributed by atoms with E-state index in [1.54, 1.807) is 41.3 Å². The van der Waals surface area contributed by atoms with Gasteiger partial charge in [-0.25, -0.2) is 4.79 Å². The third-order valence-electron chi connectivity index (χ3n) is 12.6. The highest BCUT2D eigenvalue weighted by molar-refractivity contribution is 8.93. The van der Waals surface area contributed by atoms with E-state index in [9.17, 15) is 24.9 Å². The first kappa shape index (κ1) is 55.2. The van der Waals surface area contributed by atoms with Crippen LogP contribution in [0.3, 0.4) is 0 Å². The Balaban J connectivity index is 0.000000189. The van der Waals surface area contributed by atoms with Crippen LogP contribution in [0.5, 0.6) is 34.5 Å². The van der Waals surface area contributed by atoms with Gasteiger partial charge < -0.3 is 44.5 Å². The van der Waals surface area contributed by atoms with Crippen LogP contribution in [0.2, 0.25) is 0 Å². The number of nitrogens with one attached hydrogen (secondary N) is 1. The molecule has 0 spiro atoms. The summed E-state index contributed by atoms with van der Waals surface area (Å²) in [5.74, 6) is 1.27. The summed E-state index contributed by atoms with van der Waals surface area (Å²) in [7, 11) is 0. The van der Waals surface area contributed by atoms with E-state index in [0.29, 0.717) is 67.0 Å². The van der Waals surface area contributed by atoms with Crippen LogP contribution >= 0.6 is 17.0 Å². The number of allylic oxidation sites excluding steroid dienone is 2. The molecule has 2 aliphatic rings. The lowest BCUT2D eigenvalue weighted by Gasteiger charge is -2.21. The minimum atomic E-state index is -1.06. The van der Waals surface area contributed by atoms with Gasteiger partial charge in [0.2, 0.25) is 0 Å². The van der Waals surface area contributed by atoms with Gasteiger partial charge in [-0.05, 0) is 82.6 Å². The van der Waals surface area contributed by atoms with Crippen LogP contribution in [-0.4, -0.2) is 32.1 Å². The highest BCUT2D eigenvalue weighted by Gasteiger charge is 2.29. The van der Waals surface area contributed by atoms with Gasteiger partial charge in [0.05, 0.1) is 12.1 Å². The topological polar surface area (TPSA) is 147 Å². The SMILES string of the molecule is Br.C=C(C)c1cc(C(=O)N2Cc3cccc(O)c3C2)c(OCc2ccccc2)cc1OCc1ccccc1.C=C(C)c1cc(C(=O)O)c(OCc2ccccc2)cc1OCc1ccccc1.Oc1cccc2c1CNC2. The zero-order chi connectivity index (χ0) is 52.7. The molecule has 8 aromatic rings. The number of hydrogen-bond donors (Lipinski definition) is 4. The first-order valence-electron chi connectivity index (χ1n) is 24.6. The molecule has 11 nitrogen and oxygen atoms in total. The van der Waals surface area contributed by atoms with Gasteiger partial charge in [-0.2, -0.15) is 0 Å². The minimum Gasteiger partial charge on any atom is -0.508 e. The van der Waals surface area contributed by atoms with E-state index in [0.717, 1.165) is 68.7 Å². The van der Waals surface area contributed by atoms with Crippen molar-refractivity contribution in [3.63, 3.8) is 0 Å². The Morgan fingerprint density at radius 3 is 1.25 bits per heavy atom. The Labute approximate surface area is 454 Å². The molecule has 0 radical (unpaired) electrons. The molecule has 388 valence electrons. The summed E-state index contributed by atoms with van der Waals surface area (Å²) in [5, 5.41) is 32.4. The van der Waals surface area contributed by atoms with Gasteiger partial charge in [0.15, 0.2) is 0 Å². The van der Waals surface area contributed by atoms with Crippen LogP contribution in [0, 0.1) is 0 Å². The van der Waals surface area contributed by atoms with Crippen LogP contribution in [0.1, 0.15) is 90.2 Å². The van der Waals surface area contributed by atoms with E-state index >= 15 is 0 Å². The second-order valence-electron chi connectivity index (χ2n) is 18.2. The van der Waals surface area contributed by atoms with E-state index in [2.05, 4.69) is 18.5 Å². The summed E-state index contributed by atoms with van der Waals surface area (Å²) in [6, 6.07) is 57.0. The van der Waals surface area contributed by atoms with Gasteiger partial charge in [-0.3, -0.25) is 4.79 Å². The second kappa shape index (κ2) is 26.6. The standard InChI is InChI=1S/C32H29NO4.C24H22O4.C8H9NO.BrH/c1-22(2)26-16-27(32(35)33-18-25-14-9-15-29(34)28(25)19-33)31(37-21-24-12-7-4-8-13-24)17-30(26)36-20-23-10-5-3-6-11-23;1-17(2)20-13-21(24(25)26)23(28-16-19-11-7-4-8-12-19)14-22(20)27-15-18-9-5-3-6-10-18;10-8-3-1-2-6-4-9-5-7(6)8;/h3-17,34H,1,18-21H2,2H3;3-14H,1,15-16H2,2H3,(H,25,26);1-3,9-10H,4-5H2;1H. The number of benzene rings is 8. The lowest BCUT2D eigenvalue weighted by Crippen LogP contribution is -2.26. The molecule has 1 amide bonds. The Bertz CT molecular complexity index is 3200. The molecule has 0 bridgehead atoms. The number of fused-ring (bicyclic) bond motifs is 2. The Morgan fingerprint density at radius 1 is 0.474 bits per heavy atom. The van der Waals surface area contributed by atoms with Crippen LogP contribution in [0.15, 0.2) is 195 Å². The van der Waals surface area contributed by atoms with Crippen molar-refractivity contribution in [2.45, 2.75) is 66.5 Å². The largest absolute Gasteiger partial charge is 0.508 e. The average Bonchev–Trinajstić information content (AvgIpc) is 4.15.